The van der Waals surface area contributed by atoms with E-state index in [1.807, 2.05) is 0 Å². The molecule has 1 rings (SSSR count). The monoisotopic (exact) mass is 141 g/mol. The summed E-state index contributed by atoms with van der Waals surface area (Å²) < 4.78 is 1.19. The average molecular weight is 141 g/mol. The van der Waals surface area contributed by atoms with Crippen molar-refractivity contribution in [2.75, 3.05) is 5.84 Å². The van der Waals surface area contributed by atoms with Crippen LogP contribution in [0.15, 0.2) is 12.5 Å². The molecule has 1 aromatic rings. The fourth-order valence-corrected chi connectivity index (χ4v) is 0.624. The van der Waals surface area contributed by atoms with Gasteiger partial charge in [0, 0.05) is 0 Å². The Bertz CT molecular complexity index is 243. The van der Waals surface area contributed by atoms with Gasteiger partial charge in [0.05, 0.1) is 18.3 Å². The van der Waals surface area contributed by atoms with Gasteiger partial charge in [-0.1, -0.05) is 0 Å². The van der Waals surface area contributed by atoms with Crippen molar-refractivity contribution in [2.24, 2.45) is 0 Å². The molecule has 0 atom stereocenters. The van der Waals surface area contributed by atoms with Gasteiger partial charge in [-0.05, 0) is 0 Å². The summed E-state index contributed by atoms with van der Waals surface area (Å²) >= 11 is 0. The zero-order chi connectivity index (χ0) is 7.56. The predicted octanol–water partition coefficient (Wildman–Crippen LogP) is -0.776. The third-order valence-electron chi connectivity index (χ3n) is 1.08. The lowest BCUT2D eigenvalue weighted by atomic mass is 10.3. The molecular weight excluding hydrogens is 134 g/mol. The first-order valence-electron chi connectivity index (χ1n) is 2.68. The van der Waals surface area contributed by atoms with E-state index in [4.69, 9.17) is 10.9 Å². The molecule has 54 valence electrons. The normalized spacial score (nSPS) is 9.60. The average Bonchev–Trinajstić information content (AvgIpc) is 2.15. The van der Waals surface area contributed by atoms with Gasteiger partial charge in [0.1, 0.15) is 6.33 Å². The summed E-state index contributed by atoms with van der Waals surface area (Å²) in [6.45, 7) is 0. The second kappa shape index (κ2) is 2.38. The molecule has 0 spiro atoms. The Balaban J connectivity index is 2.74. The van der Waals surface area contributed by atoms with Crippen molar-refractivity contribution in [2.45, 2.75) is 6.42 Å². The van der Waals surface area contributed by atoms with Crippen LogP contribution >= 0.6 is 0 Å². The molecule has 0 aliphatic heterocycles. The number of nitrogen functional groups attached to an aromatic ring is 1. The maximum atomic E-state index is 10.1. The van der Waals surface area contributed by atoms with Crippen molar-refractivity contribution in [3.8, 4) is 0 Å². The van der Waals surface area contributed by atoms with E-state index in [0.717, 1.165) is 0 Å². The van der Waals surface area contributed by atoms with Gasteiger partial charge in [0.25, 0.3) is 0 Å². The van der Waals surface area contributed by atoms with Gasteiger partial charge in [-0.3, -0.25) is 9.47 Å². The van der Waals surface area contributed by atoms with Crippen LogP contribution in [-0.4, -0.2) is 20.7 Å². The molecule has 0 fully saturated rings. The molecular formula is C5H7N3O2. The van der Waals surface area contributed by atoms with E-state index in [-0.39, 0.29) is 6.42 Å². The van der Waals surface area contributed by atoms with E-state index >= 15 is 0 Å². The van der Waals surface area contributed by atoms with Crippen molar-refractivity contribution < 1.29 is 9.90 Å². The number of hydrogen-bond donors (Lipinski definition) is 2. The minimum atomic E-state index is -0.910. The van der Waals surface area contributed by atoms with Gasteiger partial charge >= 0.3 is 5.97 Å². The number of aliphatic carboxylic acids is 1. The lowest BCUT2D eigenvalue weighted by Gasteiger charge is -1.95. The topological polar surface area (TPSA) is 81.1 Å². The summed E-state index contributed by atoms with van der Waals surface area (Å²) in [7, 11) is 0. The molecule has 0 saturated heterocycles. The minimum absolute atomic E-state index is 0.0868. The number of rotatable bonds is 2. The number of hydrogen-bond acceptors (Lipinski definition) is 3. The Labute approximate surface area is 57.1 Å². The summed E-state index contributed by atoms with van der Waals surface area (Å²) in [4.78, 5) is 13.8. The molecule has 10 heavy (non-hydrogen) atoms. The Kier molecular flexibility index (Phi) is 1.57. The maximum Gasteiger partial charge on any atom is 0.309 e. The fraction of sp³-hybridized carbons (Fsp3) is 0.200. The predicted molar refractivity (Wildman–Crippen MR) is 33.7 cm³/mol. The molecule has 0 aliphatic carbocycles. The van der Waals surface area contributed by atoms with Crippen LogP contribution in [0.3, 0.4) is 0 Å². The second-order valence-corrected chi connectivity index (χ2v) is 1.86. The van der Waals surface area contributed by atoms with Gasteiger partial charge in [-0.25, -0.2) is 4.98 Å². The molecule has 1 aromatic heterocycles. The Morgan fingerprint density at radius 1 is 1.90 bits per heavy atom. The van der Waals surface area contributed by atoms with Crippen LogP contribution in [0.25, 0.3) is 0 Å². The number of aromatic nitrogens is 2. The molecule has 0 amide bonds. The lowest BCUT2D eigenvalue weighted by Crippen LogP contribution is -2.13. The summed E-state index contributed by atoms with van der Waals surface area (Å²) in [6.07, 6.45) is 2.70. The van der Waals surface area contributed by atoms with E-state index in [0.29, 0.717) is 5.69 Å². The highest BCUT2D eigenvalue weighted by molar-refractivity contribution is 5.69. The van der Waals surface area contributed by atoms with Crippen molar-refractivity contribution in [3.63, 3.8) is 0 Å². The van der Waals surface area contributed by atoms with E-state index in [9.17, 15) is 4.79 Å². The molecule has 0 saturated carbocycles. The molecule has 1 heterocycles. The number of carboxylic acids is 1. The van der Waals surface area contributed by atoms with Crippen LogP contribution in [0.2, 0.25) is 0 Å². The zero-order valence-electron chi connectivity index (χ0n) is 5.19. The van der Waals surface area contributed by atoms with E-state index in [1.165, 1.54) is 17.2 Å². The third kappa shape index (κ3) is 1.25. The Morgan fingerprint density at radius 2 is 2.60 bits per heavy atom. The van der Waals surface area contributed by atoms with Gasteiger partial charge in [0.2, 0.25) is 0 Å². The molecule has 0 aliphatic rings. The van der Waals surface area contributed by atoms with Crippen LogP contribution in [0.1, 0.15) is 5.69 Å². The molecule has 5 nitrogen and oxygen atoms in total. The minimum Gasteiger partial charge on any atom is -0.481 e. The maximum absolute atomic E-state index is 10.1. The van der Waals surface area contributed by atoms with Crippen LogP contribution in [0.4, 0.5) is 0 Å². The van der Waals surface area contributed by atoms with E-state index in [1.54, 1.807) is 0 Å². The zero-order valence-corrected chi connectivity index (χ0v) is 5.19. The first kappa shape index (κ1) is 6.60. The van der Waals surface area contributed by atoms with Gasteiger partial charge in [-0.15, -0.1) is 0 Å². The highest BCUT2D eigenvalue weighted by Crippen LogP contribution is 1.94. The number of nitrogens with zero attached hydrogens (tertiary/aromatic N) is 2. The molecule has 0 bridgehead atoms. The van der Waals surface area contributed by atoms with Crippen LogP contribution in [-0.2, 0) is 11.2 Å². The van der Waals surface area contributed by atoms with Gasteiger partial charge < -0.3 is 10.9 Å². The fourth-order valence-electron chi connectivity index (χ4n) is 0.624. The summed E-state index contributed by atoms with van der Waals surface area (Å²) in [6, 6.07) is 0. The van der Waals surface area contributed by atoms with Crippen molar-refractivity contribution >= 4 is 5.97 Å². The quantitative estimate of drug-likeness (QED) is 0.529. The molecule has 5 heteroatoms. The van der Waals surface area contributed by atoms with Crippen molar-refractivity contribution in [1.82, 2.24) is 9.66 Å². The number of carboxylic acid groups (broad SMARTS) is 1. The highest BCUT2D eigenvalue weighted by atomic mass is 16.4. The number of imidazole rings is 1. The van der Waals surface area contributed by atoms with Gasteiger partial charge in [0.15, 0.2) is 0 Å². The highest BCUT2D eigenvalue weighted by Gasteiger charge is 2.03. The molecule has 0 aromatic carbocycles. The van der Waals surface area contributed by atoms with Crippen LogP contribution in [0.5, 0.6) is 0 Å². The van der Waals surface area contributed by atoms with Crippen molar-refractivity contribution in [1.29, 1.82) is 0 Å². The largest absolute Gasteiger partial charge is 0.481 e. The molecule has 3 N–H and O–H groups in total. The number of nitrogens with two attached hydrogens (primary N) is 1. The van der Waals surface area contributed by atoms with Crippen LogP contribution < -0.4 is 5.84 Å². The standard InChI is InChI=1S/C5H7N3O2/c6-8-3-7-2-4(8)1-5(9)10/h2-3H,1,6H2,(H,9,10). The van der Waals surface area contributed by atoms with Gasteiger partial charge in [-0.2, -0.15) is 0 Å². The lowest BCUT2D eigenvalue weighted by molar-refractivity contribution is -0.136. The summed E-state index contributed by atoms with van der Waals surface area (Å²) in [5.74, 6) is 4.37. The van der Waals surface area contributed by atoms with E-state index in [2.05, 4.69) is 4.98 Å². The Morgan fingerprint density at radius 3 is 3.00 bits per heavy atom. The summed E-state index contributed by atoms with van der Waals surface area (Å²) in [5, 5.41) is 8.31. The first-order valence-corrected chi connectivity index (χ1v) is 2.68. The molecule has 0 radical (unpaired) electrons. The molecule has 0 unspecified atom stereocenters. The second-order valence-electron chi connectivity index (χ2n) is 1.86. The summed E-state index contributed by atoms with van der Waals surface area (Å²) in [5.41, 5.74) is 0.493. The SMILES string of the molecule is Nn1cncc1CC(=O)O. The van der Waals surface area contributed by atoms with Crippen LogP contribution in [0, 0.1) is 0 Å². The van der Waals surface area contributed by atoms with Crippen molar-refractivity contribution in [3.05, 3.63) is 18.2 Å². The number of carbonyl (C=O) groups is 1. The smallest absolute Gasteiger partial charge is 0.309 e. The third-order valence-corrected chi connectivity index (χ3v) is 1.08. The first-order chi connectivity index (χ1) is 4.70. The van der Waals surface area contributed by atoms with E-state index < -0.39 is 5.97 Å². The Hall–Kier alpha value is -1.52.